The summed E-state index contributed by atoms with van der Waals surface area (Å²) in [7, 11) is 1.57. The maximum absolute atomic E-state index is 12.1. The SMILES string of the molecule is C=CCN(Cc1cccs1)C(=O)CC(CN)OC. The normalized spacial score (nSPS) is 12.1. The average molecular weight is 268 g/mol. The van der Waals surface area contributed by atoms with Crippen LogP contribution < -0.4 is 5.73 Å². The summed E-state index contributed by atoms with van der Waals surface area (Å²) in [6, 6.07) is 4.00. The van der Waals surface area contributed by atoms with Gasteiger partial charge < -0.3 is 15.4 Å². The van der Waals surface area contributed by atoms with Crippen molar-refractivity contribution in [3.63, 3.8) is 0 Å². The van der Waals surface area contributed by atoms with Gasteiger partial charge in [-0.15, -0.1) is 17.9 Å². The largest absolute Gasteiger partial charge is 0.380 e. The van der Waals surface area contributed by atoms with Gasteiger partial charge >= 0.3 is 0 Å². The minimum absolute atomic E-state index is 0.0422. The van der Waals surface area contributed by atoms with Crippen LogP contribution in [0.15, 0.2) is 30.2 Å². The van der Waals surface area contributed by atoms with E-state index in [1.165, 1.54) is 0 Å². The van der Waals surface area contributed by atoms with Crippen molar-refractivity contribution in [1.82, 2.24) is 4.90 Å². The van der Waals surface area contributed by atoms with E-state index < -0.39 is 0 Å². The molecule has 4 nitrogen and oxygen atoms in total. The summed E-state index contributed by atoms with van der Waals surface area (Å²) in [4.78, 5) is 15.1. The quantitative estimate of drug-likeness (QED) is 0.729. The maximum atomic E-state index is 12.1. The standard InChI is InChI=1S/C13H20N2O2S/c1-3-6-15(10-12-5-4-7-18-12)13(16)8-11(9-14)17-2/h3-5,7,11H,1,6,8-10,14H2,2H3. The van der Waals surface area contributed by atoms with Crippen molar-refractivity contribution >= 4 is 17.2 Å². The minimum Gasteiger partial charge on any atom is -0.380 e. The van der Waals surface area contributed by atoms with Crippen LogP contribution in [-0.4, -0.2) is 37.1 Å². The third kappa shape index (κ3) is 4.60. The molecule has 1 amide bonds. The molecule has 1 heterocycles. The predicted molar refractivity (Wildman–Crippen MR) is 74.4 cm³/mol. The van der Waals surface area contributed by atoms with E-state index in [-0.39, 0.29) is 12.0 Å². The highest BCUT2D eigenvalue weighted by Gasteiger charge is 2.17. The number of hydrogen-bond acceptors (Lipinski definition) is 4. The Kier molecular flexibility index (Phi) is 6.64. The fourth-order valence-electron chi connectivity index (χ4n) is 1.59. The van der Waals surface area contributed by atoms with E-state index >= 15 is 0 Å². The van der Waals surface area contributed by atoms with E-state index in [0.717, 1.165) is 4.88 Å². The zero-order valence-electron chi connectivity index (χ0n) is 10.7. The summed E-state index contributed by atoms with van der Waals surface area (Å²) < 4.78 is 5.14. The molecule has 0 fully saturated rings. The molecule has 1 atom stereocenters. The summed E-state index contributed by atoms with van der Waals surface area (Å²) >= 11 is 1.64. The van der Waals surface area contributed by atoms with E-state index in [1.807, 2.05) is 17.5 Å². The second-order valence-electron chi connectivity index (χ2n) is 3.94. The lowest BCUT2D eigenvalue weighted by atomic mass is 10.2. The van der Waals surface area contributed by atoms with Crippen LogP contribution in [0, 0.1) is 0 Å². The molecule has 1 aromatic heterocycles. The van der Waals surface area contributed by atoms with Crippen LogP contribution in [-0.2, 0) is 16.1 Å². The van der Waals surface area contributed by atoms with E-state index in [1.54, 1.807) is 29.4 Å². The Hall–Kier alpha value is -1.17. The molecule has 0 aromatic carbocycles. The van der Waals surface area contributed by atoms with Gasteiger partial charge in [-0.2, -0.15) is 0 Å². The number of methoxy groups -OCH3 is 1. The monoisotopic (exact) mass is 268 g/mol. The number of nitrogens with two attached hydrogens (primary N) is 1. The fourth-order valence-corrected chi connectivity index (χ4v) is 2.31. The number of rotatable bonds is 8. The molecular formula is C13H20N2O2S. The number of nitrogens with zero attached hydrogens (tertiary/aromatic N) is 1. The number of hydrogen-bond donors (Lipinski definition) is 1. The summed E-state index contributed by atoms with van der Waals surface area (Å²) in [5, 5.41) is 2.00. The van der Waals surface area contributed by atoms with Gasteiger partial charge in [-0.25, -0.2) is 0 Å². The van der Waals surface area contributed by atoms with Gasteiger partial charge in [-0.3, -0.25) is 4.79 Å². The van der Waals surface area contributed by atoms with Crippen molar-refractivity contribution in [3.05, 3.63) is 35.0 Å². The average Bonchev–Trinajstić information content (AvgIpc) is 2.88. The summed E-state index contributed by atoms with van der Waals surface area (Å²) in [6.07, 6.45) is 1.83. The molecular weight excluding hydrogens is 248 g/mol. The van der Waals surface area contributed by atoms with Gasteiger partial charge in [0.1, 0.15) is 0 Å². The van der Waals surface area contributed by atoms with Crippen molar-refractivity contribution in [2.75, 3.05) is 20.2 Å². The zero-order chi connectivity index (χ0) is 13.4. The van der Waals surface area contributed by atoms with Gasteiger partial charge in [0.05, 0.1) is 19.1 Å². The zero-order valence-corrected chi connectivity index (χ0v) is 11.5. The minimum atomic E-state index is -0.215. The van der Waals surface area contributed by atoms with E-state index in [9.17, 15) is 4.79 Å². The van der Waals surface area contributed by atoms with Crippen molar-refractivity contribution in [2.45, 2.75) is 19.1 Å². The van der Waals surface area contributed by atoms with E-state index in [2.05, 4.69) is 6.58 Å². The predicted octanol–water partition coefficient (Wildman–Crippen LogP) is 1.63. The van der Waals surface area contributed by atoms with Crippen LogP contribution in [0.2, 0.25) is 0 Å². The lowest BCUT2D eigenvalue weighted by molar-refractivity contribution is -0.133. The molecule has 1 rings (SSSR count). The van der Waals surface area contributed by atoms with Crippen LogP contribution in [0.25, 0.3) is 0 Å². The van der Waals surface area contributed by atoms with E-state index in [4.69, 9.17) is 10.5 Å². The number of carbonyl (C=O) groups excluding carboxylic acids is 1. The summed E-state index contributed by atoms with van der Waals surface area (Å²) in [5.74, 6) is 0.0422. The lowest BCUT2D eigenvalue weighted by Gasteiger charge is -2.22. The third-order valence-electron chi connectivity index (χ3n) is 2.63. The second kappa shape index (κ2) is 8.02. The summed E-state index contributed by atoms with van der Waals surface area (Å²) in [6.45, 7) is 5.19. The van der Waals surface area contributed by atoms with Crippen LogP contribution in [0.1, 0.15) is 11.3 Å². The first-order valence-electron chi connectivity index (χ1n) is 5.85. The molecule has 0 saturated heterocycles. The lowest BCUT2D eigenvalue weighted by Crippen LogP contribution is -2.35. The number of ether oxygens (including phenoxy) is 1. The van der Waals surface area contributed by atoms with Gasteiger partial charge in [-0.1, -0.05) is 12.1 Å². The molecule has 0 spiro atoms. The third-order valence-corrected chi connectivity index (χ3v) is 3.49. The highest BCUT2D eigenvalue weighted by atomic mass is 32.1. The second-order valence-corrected chi connectivity index (χ2v) is 4.97. The molecule has 0 aliphatic carbocycles. The van der Waals surface area contributed by atoms with Crippen molar-refractivity contribution in [2.24, 2.45) is 5.73 Å². The van der Waals surface area contributed by atoms with Gasteiger partial charge in [0.2, 0.25) is 5.91 Å². The van der Waals surface area contributed by atoms with Crippen molar-refractivity contribution < 1.29 is 9.53 Å². The van der Waals surface area contributed by atoms with Crippen LogP contribution in [0.4, 0.5) is 0 Å². The van der Waals surface area contributed by atoms with Gasteiger partial charge in [0.15, 0.2) is 0 Å². The number of carbonyl (C=O) groups is 1. The van der Waals surface area contributed by atoms with E-state index in [0.29, 0.717) is 26.1 Å². The first-order valence-corrected chi connectivity index (χ1v) is 6.73. The van der Waals surface area contributed by atoms with Crippen molar-refractivity contribution in [3.8, 4) is 0 Å². The van der Waals surface area contributed by atoms with Crippen LogP contribution in [0.3, 0.4) is 0 Å². The molecule has 18 heavy (non-hydrogen) atoms. The molecule has 0 bridgehead atoms. The summed E-state index contributed by atoms with van der Waals surface area (Å²) in [5.41, 5.74) is 5.53. The maximum Gasteiger partial charge on any atom is 0.225 e. The number of thiophene rings is 1. The highest BCUT2D eigenvalue weighted by Crippen LogP contribution is 2.13. The van der Waals surface area contributed by atoms with Crippen molar-refractivity contribution in [1.29, 1.82) is 0 Å². The fraction of sp³-hybridized carbons (Fsp3) is 0.462. The van der Waals surface area contributed by atoms with Crippen LogP contribution in [0.5, 0.6) is 0 Å². The van der Waals surface area contributed by atoms with Crippen LogP contribution >= 0.6 is 11.3 Å². The molecule has 0 radical (unpaired) electrons. The molecule has 5 heteroatoms. The smallest absolute Gasteiger partial charge is 0.225 e. The Morgan fingerprint density at radius 3 is 3.00 bits per heavy atom. The Bertz CT molecular complexity index is 361. The van der Waals surface area contributed by atoms with Gasteiger partial charge in [0, 0.05) is 25.1 Å². The van der Waals surface area contributed by atoms with Gasteiger partial charge in [0.25, 0.3) is 0 Å². The Labute approximate surface area is 112 Å². The molecule has 100 valence electrons. The molecule has 2 N–H and O–H groups in total. The molecule has 0 aliphatic rings. The van der Waals surface area contributed by atoms with Gasteiger partial charge in [-0.05, 0) is 11.4 Å². The first kappa shape index (κ1) is 14.9. The Morgan fingerprint density at radius 2 is 2.50 bits per heavy atom. The molecule has 0 aliphatic heterocycles. The Balaban J connectivity index is 2.60. The highest BCUT2D eigenvalue weighted by molar-refractivity contribution is 7.09. The molecule has 0 saturated carbocycles. The Morgan fingerprint density at radius 1 is 1.72 bits per heavy atom. The first-order chi connectivity index (χ1) is 8.71. The molecule has 1 aromatic rings. The topological polar surface area (TPSA) is 55.6 Å². The molecule has 1 unspecified atom stereocenters. The number of amides is 1.